The molecule has 5 aromatic rings. The molecule has 0 bridgehead atoms. The Morgan fingerprint density at radius 1 is 0.667 bits per heavy atom. The summed E-state index contributed by atoms with van der Waals surface area (Å²) in [5.74, 6) is 1.12. The molecule has 0 radical (unpaired) electrons. The van der Waals surface area contributed by atoms with E-state index in [1.165, 1.54) is 12.7 Å². The zero-order valence-corrected chi connectivity index (χ0v) is 20.4. The monoisotopic (exact) mass is 480 g/mol. The van der Waals surface area contributed by atoms with Crippen LogP contribution < -0.4 is 0 Å². The van der Waals surface area contributed by atoms with E-state index >= 15 is 0 Å². The lowest BCUT2D eigenvalue weighted by Gasteiger charge is -2.18. The highest BCUT2D eigenvalue weighted by atomic mass is 16.5. The van der Waals surface area contributed by atoms with Crippen molar-refractivity contribution in [1.82, 2.24) is 20.4 Å². The van der Waals surface area contributed by atoms with Crippen LogP contribution in [0.1, 0.15) is 36.7 Å². The van der Waals surface area contributed by atoms with Gasteiger partial charge in [0.25, 0.3) is 0 Å². The van der Waals surface area contributed by atoms with E-state index in [9.17, 15) is 4.79 Å². The maximum absolute atomic E-state index is 11.6. The van der Waals surface area contributed by atoms with Gasteiger partial charge >= 0.3 is 5.97 Å². The van der Waals surface area contributed by atoms with Gasteiger partial charge in [0.2, 0.25) is 23.6 Å². The van der Waals surface area contributed by atoms with Crippen LogP contribution in [0.2, 0.25) is 0 Å². The summed E-state index contributed by atoms with van der Waals surface area (Å²) in [5, 5.41) is 16.8. The topological polar surface area (TPSA) is 104 Å². The molecule has 0 N–H and O–H groups in total. The lowest BCUT2D eigenvalue weighted by molar-refractivity contribution is 0.0600. The van der Waals surface area contributed by atoms with Crippen LogP contribution in [-0.4, -0.2) is 33.5 Å². The average Bonchev–Trinajstić information content (AvgIpc) is 3.59. The van der Waals surface area contributed by atoms with E-state index in [0.29, 0.717) is 40.3 Å². The third-order valence-electron chi connectivity index (χ3n) is 5.76. The van der Waals surface area contributed by atoms with E-state index in [4.69, 9.17) is 13.6 Å². The molecule has 0 aliphatic heterocycles. The molecule has 36 heavy (non-hydrogen) atoms. The maximum Gasteiger partial charge on any atom is 0.337 e. The Hall–Kier alpha value is -4.59. The van der Waals surface area contributed by atoms with E-state index in [1.807, 2.05) is 36.4 Å². The first-order chi connectivity index (χ1) is 17.3. The van der Waals surface area contributed by atoms with Crippen LogP contribution in [0.25, 0.3) is 45.8 Å². The minimum Gasteiger partial charge on any atom is -0.465 e. The van der Waals surface area contributed by atoms with Crippen LogP contribution in [0, 0.1) is 0 Å². The number of methoxy groups -OCH3 is 1. The van der Waals surface area contributed by atoms with Crippen molar-refractivity contribution in [2.45, 2.75) is 26.2 Å². The number of hydrogen-bond donors (Lipinski definition) is 0. The van der Waals surface area contributed by atoms with Crippen molar-refractivity contribution in [3.63, 3.8) is 0 Å². The molecule has 2 heterocycles. The third kappa shape index (κ3) is 4.65. The molecule has 0 unspecified atom stereocenters. The van der Waals surface area contributed by atoms with Crippen molar-refractivity contribution in [3.05, 3.63) is 83.9 Å². The molecule has 3 aromatic carbocycles. The van der Waals surface area contributed by atoms with Gasteiger partial charge in [-0.05, 0) is 65.6 Å². The fraction of sp³-hybridized carbons (Fsp3) is 0.179. The van der Waals surface area contributed by atoms with E-state index < -0.39 is 5.97 Å². The predicted molar refractivity (Wildman–Crippen MR) is 134 cm³/mol. The Labute approximate surface area is 208 Å². The second-order valence-electron chi connectivity index (χ2n) is 9.30. The van der Waals surface area contributed by atoms with Gasteiger partial charge in [0, 0.05) is 22.3 Å². The smallest absolute Gasteiger partial charge is 0.337 e. The Balaban J connectivity index is 1.37. The summed E-state index contributed by atoms with van der Waals surface area (Å²) in [6.07, 6.45) is 0. The predicted octanol–water partition coefficient (Wildman–Crippen LogP) is 6.20. The highest BCUT2D eigenvalue weighted by Crippen LogP contribution is 2.30. The van der Waals surface area contributed by atoms with Crippen molar-refractivity contribution in [2.24, 2.45) is 0 Å². The summed E-state index contributed by atoms with van der Waals surface area (Å²) in [4.78, 5) is 11.6. The minimum absolute atomic E-state index is 0.0695. The summed E-state index contributed by atoms with van der Waals surface area (Å²) in [6, 6.07) is 22.4. The fourth-order valence-corrected chi connectivity index (χ4v) is 3.68. The molecule has 0 saturated carbocycles. The van der Waals surface area contributed by atoms with Gasteiger partial charge < -0.3 is 13.6 Å². The highest BCUT2D eigenvalue weighted by Gasteiger charge is 2.17. The SMILES string of the molecule is COC(=O)c1ccc(-c2nnc(-c3cccc(-c4nnc(-c5ccc(C(C)(C)C)cc5)o4)c3)o2)cc1. The lowest BCUT2D eigenvalue weighted by Crippen LogP contribution is -2.10. The molecule has 2 aromatic heterocycles. The lowest BCUT2D eigenvalue weighted by atomic mass is 9.87. The van der Waals surface area contributed by atoms with Crippen LogP contribution >= 0.6 is 0 Å². The summed E-state index contributed by atoms with van der Waals surface area (Å²) in [7, 11) is 1.34. The highest BCUT2D eigenvalue weighted by molar-refractivity contribution is 5.89. The largest absolute Gasteiger partial charge is 0.465 e. The molecular formula is C28H24N4O4. The summed E-state index contributed by atoms with van der Waals surface area (Å²) < 4.78 is 16.6. The molecule has 180 valence electrons. The van der Waals surface area contributed by atoms with Gasteiger partial charge in [-0.25, -0.2) is 4.79 Å². The fourth-order valence-electron chi connectivity index (χ4n) is 3.68. The molecule has 5 rings (SSSR count). The van der Waals surface area contributed by atoms with E-state index in [2.05, 4.69) is 53.3 Å². The van der Waals surface area contributed by atoms with Gasteiger partial charge in [0.1, 0.15) is 0 Å². The number of hydrogen-bond acceptors (Lipinski definition) is 8. The molecule has 0 amide bonds. The standard InChI is InChI=1S/C28H24N4O4/c1-28(2,3)22-14-12-18(13-15-22)24-30-32-26(36-24)21-7-5-6-20(16-21)25-31-29-23(35-25)17-8-10-19(11-9-17)27(33)34-4/h5-16H,1-4H3. The van der Waals surface area contributed by atoms with E-state index in [1.54, 1.807) is 24.3 Å². The van der Waals surface area contributed by atoms with Crippen molar-refractivity contribution in [2.75, 3.05) is 7.11 Å². The number of carbonyl (C=O) groups is 1. The molecule has 8 heteroatoms. The zero-order chi connectivity index (χ0) is 25.3. The van der Waals surface area contributed by atoms with Gasteiger partial charge in [-0.15, -0.1) is 20.4 Å². The number of ether oxygens (including phenoxy) is 1. The Morgan fingerprint density at radius 3 is 1.56 bits per heavy atom. The Morgan fingerprint density at radius 2 is 1.11 bits per heavy atom. The minimum atomic E-state index is -0.407. The molecule has 0 aliphatic carbocycles. The number of esters is 1. The van der Waals surface area contributed by atoms with Gasteiger partial charge in [0.05, 0.1) is 12.7 Å². The van der Waals surface area contributed by atoms with Crippen molar-refractivity contribution in [1.29, 1.82) is 0 Å². The first-order valence-electron chi connectivity index (χ1n) is 11.4. The van der Waals surface area contributed by atoms with Gasteiger partial charge in [-0.2, -0.15) is 0 Å². The van der Waals surface area contributed by atoms with E-state index in [-0.39, 0.29) is 5.41 Å². The summed E-state index contributed by atoms with van der Waals surface area (Å²) in [5.41, 5.74) is 4.75. The van der Waals surface area contributed by atoms with Crippen LogP contribution in [0.3, 0.4) is 0 Å². The van der Waals surface area contributed by atoms with Crippen molar-refractivity contribution < 1.29 is 18.4 Å². The van der Waals surface area contributed by atoms with Crippen molar-refractivity contribution in [3.8, 4) is 45.8 Å². The molecule has 0 saturated heterocycles. The van der Waals surface area contributed by atoms with Crippen LogP contribution in [0.4, 0.5) is 0 Å². The van der Waals surface area contributed by atoms with Crippen LogP contribution in [-0.2, 0) is 10.2 Å². The van der Waals surface area contributed by atoms with Gasteiger partial charge in [-0.3, -0.25) is 0 Å². The third-order valence-corrected chi connectivity index (χ3v) is 5.76. The second kappa shape index (κ2) is 9.22. The van der Waals surface area contributed by atoms with E-state index in [0.717, 1.165) is 11.1 Å². The maximum atomic E-state index is 11.6. The molecule has 0 aliphatic rings. The first kappa shape index (κ1) is 23.2. The summed E-state index contributed by atoms with van der Waals surface area (Å²) in [6.45, 7) is 6.52. The van der Waals surface area contributed by atoms with Crippen LogP contribution in [0.15, 0.2) is 81.6 Å². The second-order valence-corrected chi connectivity index (χ2v) is 9.30. The molecule has 0 fully saturated rings. The van der Waals surface area contributed by atoms with Gasteiger partial charge in [0.15, 0.2) is 0 Å². The number of aromatic nitrogens is 4. The van der Waals surface area contributed by atoms with Gasteiger partial charge in [-0.1, -0.05) is 39.0 Å². The van der Waals surface area contributed by atoms with Crippen LogP contribution in [0.5, 0.6) is 0 Å². The van der Waals surface area contributed by atoms with Crippen molar-refractivity contribution >= 4 is 5.97 Å². The number of benzene rings is 3. The molecule has 0 atom stereocenters. The number of nitrogens with zero attached hydrogens (tertiary/aromatic N) is 4. The number of rotatable bonds is 5. The Kier molecular flexibility index (Phi) is 5.93. The molecule has 0 spiro atoms. The first-order valence-corrected chi connectivity index (χ1v) is 11.4. The normalized spacial score (nSPS) is 11.4. The average molecular weight is 481 g/mol. The summed E-state index contributed by atoms with van der Waals surface area (Å²) >= 11 is 0. The quantitative estimate of drug-likeness (QED) is 0.274. The molecule has 8 nitrogen and oxygen atoms in total. The Bertz CT molecular complexity index is 1510. The number of carbonyl (C=O) groups excluding carboxylic acids is 1. The molecular weight excluding hydrogens is 456 g/mol. The zero-order valence-electron chi connectivity index (χ0n) is 20.4.